The summed E-state index contributed by atoms with van der Waals surface area (Å²) in [7, 11) is 0. The average Bonchev–Trinajstić information content (AvgIpc) is 3.13. The number of alkyl halides is 5. The van der Waals surface area contributed by atoms with E-state index in [1.165, 1.54) is 6.92 Å². The van der Waals surface area contributed by atoms with Crippen LogP contribution in [0.2, 0.25) is 0 Å². The Morgan fingerprint density at radius 3 is 2.43 bits per heavy atom. The first-order chi connectivity index (χ1) is 12.8. The van der Waals surface area contributed by atoms with E-state index in [0.717, 1.165) is 0 Å². The smallest absolute Gasteiger partial charge is 0.394 e. The number of halogens is 5. The van der Waals surface area contributed by atoms with Gasteiger partial charge in [-0.3, -0.25) is 9.59 Å². The van der Waals surface area contributed by atoms with Crippen LogP contribution in [0.5, 0.6) is 0 Å². The maximum absolute atomic E-state index is 13.4. The molecule has 2 bridgehead atoms. The van der Waals surface area contributed by atoms with E-state index in [2.05, 4.69) is 11.3 Å². The molecule has 0 aromatic heterocycles. The molecule has 1 heterocycles. The third-order valence-corrected chi connectivity index (χ3v) is 5.29. The number of fused-ring (bicyclic) bond motifs is 1. The van der Waals surface area contributed by atoms with Gasteiger partial charge in [-0.2, -0.15) is 13.2 Å². The Labute approximate surface area is 156 Å². The third kappa shape index (κ3) is 3.70. The maximum Gasteiger partial charge on any atom is 0.394 e. The van der Waals surface area contributed by atoms with Crippen molar-refractivity contribution in [1.29, 1.82) is 0 Å². The van der Waals surface area contributed by atoms with Crippen LogP contribution in [0.3, 0.4) is 0 Å². The van der Waals surface area contributed by atoms with Gasteiger partial charge in [0.25, 0.3) is 5.92 Å². The highest BCUT2D eigenvalue weighted by Gasteiger charge is 2.70. The summed E-state index contributed by atoms with van der Waals surface area (Å²) in [6, 6.07) is 0. The van der Waals surface area contributed by atoms with Gasteiger partial charge in [0.05, 0.1) is 11.8 Å². The second-order valence-corrected chi connectivity index (χ2v) is 7.42. The van der Waals surface area contributed by atoms with Gasteiger partial charge in [-0.25, -0.2) is 13.6 Å². The van der Waals surface area contributed by atoms with Crippen molar-refractivity contribution < 1.29 is 50.5 Å². The lowest BCUT2D eigenvalue weighted by molar-refractivity contribution is -0.206. The van der Waals surface area contributed by atoms with Gasteiger partial charge in [-0.1, -0.05) is 6.58 Å². The number of carbonyl (C=O) groups is 3. The molecule has 0 aromatic rings. The molecule has 6 unspecified atom stereocenters. The number of hydrogen-bond acceptors (Lipinski definition) is 6. The standard InChI is InChI=1S/C17H17F5O6/c1-6(2)13(23)27-11-7-3-8-10(15(25)28-12(8)11)9(7)14(24)26-5-16(18,19)4-17(20,21)22/h7-12H,1,3-5H2,2H3. The lowest BCUT2D eigenvalue weighted by Gasteiger charge is -2.30. The summed E-state index contributed by atoms with van der Waals surface area (Å²) in [6.45, 7) is 3.06. The molecular formula is C17H17F5O6. The normalized spacial score (nSPS) is 33.6. The van der Waals surface area contributed by atoms with Crippen molar-refractivity contribution in [3.8, 4) is 0 Å². The molecule has 3 fully saturated rings. The van der Waals surface area contributed by atoms with Crippen LogP contribution in [-0.4, -0.2) is 48.8 Å². The molecule has 156 valence electrons. The Balaban J connectivity index is 1.71. The lowest BCUT2D eigenvalue weighted by Crippen LogP contribution is -2.44. The van der Waals surface area contributed by atoms with E-state index in [0.29, 0.717) is 0 Å². The van der Waals surface area contributed by atoms with Gasteiger partial charge in [0, 0.05) is 17.4 Å². The SMILES string of the molecule is C=C(C)C(=O)OC1C2CC3C1OC(=O)C3C2C(=O)OCC(F)(F)CC(F)(F)F. The fourth-order valence-electron chi connectivity index (χ4n) is 4.31. The summed E-state index contributed by atoms with van der Waals surface area (Å²) in [5, 5.41) is 0. The van der Waals surface area contributed by atoms with Crippen LogP contribution in [0.15, 0.2) is 12.2 Å². The Morgan fingerprint density at radius 1 is 1.21 bits per heavy atom. The fraction of sp³-hybridized carbons (Fsp3) is 0.706. The molecule has 1 aliphatic heterocycles. The van der Waals surface area contributed by atoms with Crippen LogP contribution in [-0.2, 0) is 28.6 Å². The van der Waals surface area contributed by atoms with Crippen LogP contribution in [0.1, 0.15) is 19.8 Å². The first kappa shape index (κ1) is 20.5. The minimum absolute atomic E-state index is 0.0783. The molecule has 0 radical (unpaired) electrons. The van der Waals surface area contributed by atoms with Gasteiger partial charge >= 0.3 is 24.1 Å². The van der Waals surface area contributed by atoms with Crippen LogP contribution < -0.4 is 0 Å². The van der Waals surface area contributed by atoms with Crippen molar-refractivity contribution in [3.05, 3.63) is 12.2 Å². The van der Waals surface area contributed by atoms with Gasteiger partial charge in [0.15, 0.2) is 6.61 Å². The highest BCUT2D eigenvalue weighted by Crippen LogP contribution is 2.59. The molecule has 28 heavy (non-hydrogen) atoms. The van der Waals surface area contributed by atoms with E-state index in [4.69, 9.17) is 9.47 Å². The first-order valence-electron chi connectivity index (χ1n) is 8.49. The van der Waals surface area contributed by atoms with E-state index in [-0.39, 0.29) is 12.0 Å². The number of hydrogen-bond donors (Lipinski definition) is 0. The minimum Gasteiger partial charge on any atom is -0.459 e. The quantitative estimate of drug-likeness (QED) is 0.289. The Kier molecular flexibility index (Phi) is 4.91. The fourth-order valence-corrected chi connectivity index (χ4v) is 4.31. The third-order valence-electron chi connectivity index (χ3n) is 5.29. The first-order valence-corrected chi connectivity index (χ1v) is 8.49. The topological polar surface area (TPSA) is 78.9 Å². The van der Waals surface area contributed by atoms with Crippen LogP contribution in [0.25, 0.3) is 0 Å². The summed E-state index contributed by atoms with van der Waals surface area (Å²) in [6.07, 6.45) is -9.01. The van der Waals surface area contributed by atoms with Crippen molar-refractivity contribution in [2.45, 2.75) is 44.1 Å². The lowest BCUT2D eigenvalue weighted by atomic mass is 9.78. The highest BCUT2D eigenvalue weighted by atomic mass is 19.4. The van der Waals surface area contributed by atoms with Crippen molar-refractivity contribution in [2.75, 3.05) is 6.61 Å². The van der Waals surface area contributed by atoms with Gasteiger partial charge in [0.1, 0.15) is 18.6 Å². The average molecular weight is 412 g/mol. The molecule has 0 amide bonds. The van der Waals surface area contributed by atoms with Gasteiger partial charge < -0.3 is 14.2 Å². The summed E-state index contributed by atoms with van der Waals surface area (Å²) in [4.78, 5) is 36.2. The molecule has 11 heteroatoms. The summed E-state index contributed by atoms with van der Waals surface area (Å²) in [5.41, 5.74) is 0.0783. The molecule has 0 N–H and O–H groups in total. The van der Waals surface area contributed by atoms with Crippen LogP contribution in [0, 0.1) is 23.7 Å². The highest BCUT2D eigenvalue weighted by molar-refractivity contribution is 5.88. The number of carbonyl (C=O) groups excluding carboxylic acids is 3. The number of rotatable bonds is 6. The van der Waals surface area contributed by atoms with Gasteiger partial charge in [-0.05, 0) is 13.3 Å². The van der Waals surface area contributed by atoms with E-state index in [1.807, 2.05) is 0 Å². The molecule has 0 aromatic carbocycles. The largest absolute Gasteiger partial charge is 0.459 e. The predicted molar refractivity (Wildman–Crippen MR) is 79.7 cm³/mol. The van der Waals surface area contributed by atoms with Crippen molar-refractivity contribution in [2.24, 2.45) is 23.7 Å². The molecule has 2 aliphatic carbocycles. The Hall–Kier alpha value is -2.20. The van der Waals surface area contributed by atoms with Crippen molar-refractivity contribution in [3.63, 3.8) is 0 Å². The van der Waals surface area contributed by atoms with E-state index < -0.39 is 78.9 Å². The summed E-state index contributed by atoms with van der Waals surface area (Å²) >= 11 is 0. The van der Waals surface area contributed by atoms with Crippen molar-refractivity contribution in [1.82, 2.24) is 0 Å². The minimum atomic E-state index is -5.13. The van der Waals surface area contributed by atoms with E-state index in [9.17, 15) is 36.3 Å². The molecule has 6 atom stereocenters. The van der Waals surface area contributed by atoms with Crippen LogP contribution >= 0.6 is 0 Å². The Morgan fingerprint density at radius 2 is 1.86 bits per heavy atom. The van der Waals surface area contributed by atoms with Gasteiger partial charge in [0.2, 0.25) is 0 Å². The monoisotopic (exact) mass is 412 g/mol. The zero-order valence-electron chi connectivity index (χ0n) is 14.6. The molecule has 0 spiro atoms. The predicted octanol–water partition coefficient (Wildman–Crippen LogP) is 2.41. The second kappa shape index (κ2) is 6.70. The molecule has 2 saturated carbocycles. The summed E-state index contributed by atoms with van der Waals surface area (Å²) < 4.78 is 78.2. The zero-order valence-corrected chi connectivity index (χ0v) is 14.6. The van der Waals surface area contributed by atoms with Crippen LogP contribution in [0.4, 0.5) is 22.0 Å². The molecule has 6 nitrogen and oxygen atoms in total. The van der Waals surface area contributed by atoms with Gasteiger partial charge in [-0.15, -0.1) is 0 Å². The van der Waals surface area contributed by atoms with E-state index in [1.54, 1.807) is 0 Å². The molecule has 1 saturated heterocycles. The molecular weight excluding hydrogens is 395 g/mol. The maximum atomic E-state index is 13.4. The Bertz CT molecular complexity index is 717. The van der Waals surface area contributed by atoms with E-state index >= 15 is 0 Å². The summed E-state index contributed by atoms with van der Waals surface area (Å²) in [5.74, 6) is -10.4. The molecule has 3 rings (SSSR count). The zero-order chi connectivity index (χ0) is 21.0. The van der Waals surface area contributed by atoms with Crippen molar-refractivity contribution >= 4 is 17.9 Å². The second-order valence-electron chi connectivity index (χ2n) is 7.42. The number of esters is 3. The molecule has 3 aliphatic rings. The number of ether oxygens (including phenoxy) is 3.